The van der Waals surface area contributed by atoms with Crippen LogP contribution in [0.4, 0.5) is 5.69 Å². The van der Waals surface area contributed by atoms with Crippen molar-refractivity contribution in [3.8, 4) is 5.75 Å². The lowest BCUT2D eigenvalue weighted by molar-refractivity contribution is -0.117. The highest BCUT2D eigenvalue weighted by Crippen LogP contribution is 2.22. The Hall–Kier alpha value is -2.29. The fourth-order valence-electron chi connectivity index (χ4n) is 2.70. The van der Waals surface area contributed by atoms with E-state index in [0.29, 0.717) is 12.5 Å². The molecule has 0 bridgehead atoms. The number of rotatable bonds is 8. The molecule has 1 amide bonds. The van der Waals surface area contributed by atoms with Crippen molar-refractivity contribution in [2.24, 2.45) is 5.92 Å². The van der Waals surface area contributed by atoms with E-state index in [9.17, 15) is 4.79 Å². The van der Waals surface area contributed by atoms with Crippen molar-refractivity contribution in [3.63, 3.8) is 0 Å². The number of hydrogen-bond acceptors (Lipinski definition) is 2. The number of nitrogens with one attached hydrogen (secondary N) is 1. The Morgan fingerprint density at radius 2 is 1.80 bits per heavy atom. The first kappa shape index (κ1) is 19.0. The van der Waals surface area contributed by atoms with Crippen LogP contribution in [0.1, 0.15) is 51.2 Å². The smallest absolute Gasteiger partial charge is 0.231 e. The van der Waals surface area contributed by atoms with E-state index in [1.54, 1.807) is 0 Å². The van der Waals surface area contributed by atoms with E-state index in [1.165, 1.54) is 5.56 Å². The summed E-state index contributed by atoms with van der Waals surface area (Å²) < 4.78 is 5.62. The van der Waals surface area contributed by atoms with Crippen LogP contribution in [0, 0.1) is 5.92 Å². The minimum Gasteiger partial charge on any atom is -0.494 e. The maximum absolute atomic E-state index is 12.5. The standard InChI is InChI=1S/C22H29NO2/c1-5-13-25-21-8-6-7-20(15-21)23-22(24)17(4)19-11-9-18(10-12-19)14-16(2)3/h6-12,15-17H,5,13-14H2,1-4H3,(H,23,24). The molecule has 134 valence electrons. The summed E-state index contributed by atoms with van der Waals surface area (Å²) in [7, 11) is 0. The van der Waals surface area contributed by atoms with Crippen molar-refractivity contribution in [1.82, 2.24) is 0 Å². The molecule has 3 nitrogen and oxygen atoms in total. The molecule has 2 aromatic rings. The molecule has 0 heterocycles. The van der Waals surface area contributed by atoms with E-state index in [2.05, 4.69) is 50.4 Å². The lowest BCUT2D eigenvalue weighted by Gasteiger charge is -2.14. The van der Waals surface area contributed by atoms with Crippen LogP contribution >= 0.6 is 0 Å². The van der Waals surface area contributed by atoms with Gasteiger partial charge in [-0.05, 0) is 48.9 Å². The Morgan fingerprint density at radius 1 is 1.08 bits per heavy atom. The predicted molar refractivity (Wildman–Crippen MR) is 104 cm³/mol. The first-order valence-electron chi connectivity index (χ1n) is 9.12. The Labute approximate surface area is 151 Å². The first-order chi connectivity index (χ1) is 12.0. The number of amides is 1. The predicted octanol–water partition coefficient (Wildman–Crippen LogP) is 5.42. The fourth-order valence-corrected chi connectivity index (χ4v) is 2.70. The second kappa shape index (κ2) is 9.26. The van der Waals surface area contributed by atoms with Gasteiger partial charge in [0.25, 0.3) is 0 Å². The highest BCUT2D eigenvalue weighted by atomic mass is 16.5. The second-order valence-electron chi connectivity index (χ2n) is 6.93. The molecule has 0 aliphatic carbocycles. The van der Waals surface area contributed by atoms with Crippen LogP contribution in [0.2, 0.25) is 0 Å². The summed E-state index contributed by atoms with van der Waals surface area (Å²) in [5, 5.41) is 2.98. The van der Waals surface area contributed by atoms with E-state index >= 15 is 0 Å². The van der Waals surface area contributed by atoms with Crippen LogP contribution in [0.25, 0.3) is 0 Å². The van der Waals surface area contributed by atoms with Gasteiger partial charge >= 0.3 is 0 Å². The average molecular weight is 339 g/mol. The lowest BCUT2D eigenvalue weighted by atomic mass is 9.96. The van der Waals surface area contributed by atoms with Crippen molar-refractivity contribution in [2.45, 2.75) is 46.5 Å². The van der Waals surface area contributed by atoms with Crippen molar-refractivity contribution >= 4 is 11.6 Å². The van der Waals surface area contributed by atoms with Crippen LogP contribution in [-0.4, -0.2) is 12.5 Å². The minimum absolute atomic E-state index is 0.00995. The molecule has 1 unspecified atom stereocenters. The molecule has 0 aliphatic heterocycles. The van der Waals surface area contributed by atoms with E-state index < -0.39 is 0 Å². The summed E-state index contributed by atoms with van der Waals surface area (Å²) in [6.45, 7) is 9.10. The van der Waals surface area contributed by atoms with Gasteiger partial charge in [-0.2, -0.15) is 0 Å². The molecule has 0 saturated carbocycles. The Bertz CT molecular complexity index is 677. The van der Waals surface area contributed by atoms with Crippen LogP contribution in [-0.2, 0) is 11.2 Å². The van der Waals surface area contributed by atoms with Gasteiger partial charge in [0.2, 0.25) is 5.91 Å². The summed E-state index contributed by atoms with van der Waals surface area (Å²) in [5.74, 6) is 1.21. The van der Waals surface area contributed by atoms with Gasteiger partial charge in [0.1, 0.15) is 5.75 Å². The number of ether oxygens (including phenoxy) is 1. The highest BCUT2D eigenvalue weighted by molar-refractivity contribution is 5.95. The van der Waals surface area contributed by atoms with Crippen molar-refractivity contribution in [2.75, 3.05) is 11.9 Å². The van der Waals surface area contributed by atoms with Gasteiger partial charge in [-0.25, -0.2) is 0 Å². The largest absolute Gasteiger partial charge is 0.494 e. The first-order valence-corrected chi connectivity index (χ1v) is 9.12. The van der Waals surface area contributed by atoms with Crippen LogP contribution in [0.3, 0.4) is 0 Å². The van der Waals surface area contributed by atoms with Crippen molar-refractivity contribution < 1.29 is 9.53 Å². The molecule has 2 aromatic carbocycles. The molecule has 2 rings (SSSR count). The number of carbonyl (C=O) groups excluding carboxylic acids is 1. The summed E-state index contributed by atoms with van der Waals surface area (Å²) in [6, 6.07) is 15.9. The molecule has 1 N–H and O–H groups in total. The molecule has 0 aromatic heterocycles. The minimum atomic E-state index is -0.201. The molecule has 0 aliphatic rings. The summed E-state index contributed by atoms with van der Waals surface area (Å²) in [5.41, 5.74) is 3.11. The fraction of sp³-hybridized carbons (Fsp3) is 0.409. The number of hydrogen-bond donors (Lipinski definition) is 1. The molecular formula is C22H29NO2. The van der Waals surface area contributed by atoms with Crippen molar-refractivity contribution in [1.29, 1.82) is 0 Å². The average Bonchev–Trinajstić information content (AvgIpc) is 2.60. The summed E-state index contributed by atoms with van der Waals surface area (Å²) in [6.07, 6.45) is 2.02. The zero-order valence-corrected chi connectivity index (χ0v) is 15.7. The topological polar surface area (TPSA) is 38.3 Å². The maximum Gasteiger partial charge on any atom is 0.231 e. The summed E-state index contributed by atoms with van der Waals surface area (Å²) in [4.78, 5) is 12.5. The third kappa shape index (κ3) is 5.93. The number of benzene rings is 2. The zero-order valence-electron chi connectivity index (χ0n) is 15.7. The van der Waals surface area contributed by atoms with Crippen LogP contribution < -0.4 is 10.1 Å². The van der Waals surface area contributed by atoms with Crippen LogP contribution in [0.15, 0.2) is 48.5 Å². The Morgan fingerprint density at radius 3 is 2.44 bits per heavy atom. The van der Waals surface area contributed by atoms with Gasteiger partial charge in [-0.1, -0.05) is 51.1 Å². The van der Waals surface area contributed by atoms with E-state index in [0.717, 1.165) is 29.8 Å². The molecule has 0 radical (unpaired) electrons. The third-order valence-corrected chi connectivity index (χ3v) is 4.09. The van der Waals surface area contributed by atoms with Gasteiger partial charge in [0.15, 0.2) is 0 Å². The summed E-state index contributed by atoms with van der Waals surface area (Å²) >= 11 is 0. The number of carbonyl (C=O) groups is 1. The third-order valence-electron chi connectivity index (χ3n) is 4.09. The van der Waals surface area contributed by atoms with Gasteiger partial charge in [-0.15, -0.1) is 0 Å². The molecule has 0 spiro atoms. The van der Waals surface area contributed by atoms with E-state index in [1.807, 2.05) is 31.2 Å². The van der Waals surface area contributed by atoms with Gasteiger partial charge in [0, 0.05) is 11.8 Å². The highest BCUT2D eigenvalue weighted by Gasteiger charge is 2.15. The quantitative estimate of drug-likeness (QED) is 0.698. The number of anilines is 1. The SMILES string of the molecule is CCCOc1cccc(NC(=O)C(C)c2ccc(CC(C)C)cc2)c1. The monoisotopic (exact) mass is 339 g/mol. The van der Waals surface area contributed by atoms with Crippen LogP contribution in [0.5, 0.6) is 5.75 Å². The maximum atomic E-state index is 12.5. The Kier molecular flexibility index (Phi) is 7.05. The normalized spacial score (nSPS) is 12.0. The van der Waals surface area contributed by atoms with Gasteiger partial charge in [0.05, 0.1) is 12.5 Å². The molecule has 0 saturated heterocycles. The molecule has 25 heavy (non-hydrogen) atoms. The second-order valence-corrected chi connectivity index (χ2v) is 6.93. The molecular weight excluding hydrogens is 310 g/mol. The lowest BCUT2D eigenvalue weighted by Crippen LogP contribution is -2.18. The molecule has 3 heteroatoms. The van der Waals surface area contributed by atoms with Crippen molar-refractivity contribution in [3.05, 3.63) is 59.7 Å². The van der Waals surface area contributed by atoms with Gasteiger partial charge < -0.3 is 10.1 Å². The molecule has 0 fully saturated rings. The molecule has 1 atom stereocenters. The zero-order chi connectivity index (χ0) is 18.2. The van der Waals surface area contributed by atoms with Gasteiger partial charge in [-0.3, -0.25) is 4.79 Å². The van der Waals surface area contributed by atoms with E-state index in [-0.39, 0.29) is 11.8 Å². The van der Waals surface area contributed by atoms with E-state index in [4.69, 9.17) is 4.74 Å². The Balaban J connectivity index is 2.00.